The van der Waals surface area contributed by atoms with Crippen molar-refractivity contribution in [2.75, 3.05) is 44.3 Å². The van der Waals surface area contributed by atoms with Gasteiger partial charge in [0.25, 0.3) is 0 Å². The molecular formula is C16H23N3O2. The van der Waals surface area contributed by atoms with Gasteiger partial charge in [0.05, 0.1) is 13.2 Å². The predicted molar refractivity (Wildman–Crippen MR) is 82.1 cm³/mol. The molecule has 1 unspecified atom stereocenters. The molecule has 2 aliphatic rings. The number of ether oxygens (including phenoxy) is 1. The van der Waals surface area contributed by atoms with Gasteiger partial charge in [0.1, 0.15) is 0 Å². The Morgan fingerprint density at radius 3 is 2.52 bits per heavy atom. The Hall–Kier alpha value is -1.43. The molecule has 3 rings (SSSR count). The van der Waals surface area contributed by atoms with Crippen molar-refractivity contribution in [1.82, 2.24) is 4.90 Å². The summed E-state index contributed by atoms with van der Waals surface area (Å²) in [5.41, 5.74) is 7.94. The number of hydrogen-bond donors (Lipinski definition) is 1. The molecule has 2 saturated heterocycles. The van der Waals surface area contributed by atoms with E-state index in [-0.39, 0.29) is 5.91 Å². The van der Waals surface area contributed by atoms with Crippen molar-refractivity contribution < 1.29 is 9.53 Å². The van der Waals surface area contributed by atoms with Gasteiger partial charge in [0.2, 0.25) is 5.91 Å². The van der Waals surface area contributed by atoms with Crippen LogP contribution in [0.25, 0.3) is 0 Å². The molecule has 2 heterocycles. The van der Waals surface area contributed by atoms with Gasteiger partial charge in [-0.2, -0.15) is 0 Å². The second kappa shape index (κ2) is 6.56. The van der Waals surface area contributed by atoms with E-state index in [0.717, 1.165) is 45.1 Å². The van der Waals surface area contributed by atoms with Crippen LogP contribution in [0.3, 0.4) is 0 Å². The normalized spacial score (nSPS) is 23.8. The van der Waals surface area contributed by atoms with Crippen molar-refractivity contribution in [3.63, 3.8) is 0 Å². The fourth-order valence-electron chi connectivity index (χ4n) is 2.99. The molecule has 21 heavy (non-hydrogen) atoms. The van der Waals surface area contributed by atoms with Crippen LogP contribution in [0, 0.1) is 5.92 Å². The third-order valence-electron chi connectivity index (χ3n) is 4.30. The average Bonchev–Trinajstić information content (AvgIpc) is 2.90. The second-order valence-electron chi connectivity index (χ2n) is 5.87. The van der Waals surface area contributed by atoms with E-state index in [1.165, 1.54) is 5.56 Å². The molecule has 0 spiro atoms. The van der Waals surface area contributed by atoms with Crippen LogP contribution in [0.1, 0.15) is 12.0 Å². The molecule has 1 atom stereocenters. The zero-order valence-corrected chi connectivity index (χ0v) is 12.3. The summed E-state index contributed by atoms with van der Waals surface area (Å²) in [5, 5.41) is 0. The molecule has 2 N–H and O–H groups in total. The molecule has 1 amide bonds. The van der Waals surface area contributed by atoms with Gasteiger partial charge in [-0.3, -0.25) is 9.69 Å². The summed E-state index contributed by atoms with van der Waals surface area (Å²) in [4.78, 5) is 16.2. The van der Waals surface area contributed by atoms with Crippen LogP contribution in [0.2, 0.25) is 0 Å². The van der Waals surface area contributed by atoms with Gasteiger partial charge in [-0.05, 0) is 30.2 Å². The molecule has 0 aromatic heterocycles. The molecule has 1 aromatic carbocycles. The van der Waals surface area contributed by atoms with E-state index >= 15 is 0 Å². The maximum Gasteiger partial charge on any atom is 0.227 e. The summed E-state index contributed by atoms with van der Waals surface area (Å²) in [5.74, 6) is 0.483. The van der Waals surface area contributed by atoms with Crippen molar-refractivity contribution in [3.05, 3.63) is 29.8 Å². The highest BCUT2D eigenvalue weighted by Crippen LogP contribution is 2.25. The number of amides is 1. The van der Waals surface area contributed by atoms with Crippen LogP contribution in [0.5, 0.6) is 0 Å². The van der Waals surface area contributed by atoms with E-state index in [1.807, 2.05) is 17.0 Å². The Bertz CT molecular complexity index is 483. The molecule has 2 fully saturated rings. The molecular weight excluding hydrogens is 266 g/mol. The van der Waals surface area contributed by atoms with Crippen LogP contribution in [0.15, 0.2) is 24.3 Å². The van der Waals surface area contributed by atoms with Crippen LogP contribution in [-0.2, 0) is 16.1 Å². The topological polar surface area (TPSA) is 58.8 Å². The number of nitrogens with two attached hydrogens (primary N) is 1. The lowest BCUT2D eigenvalue weighted by Crippen LogP contribution is -2.35. The molecule has 0 bridgehead atoms. The van der Waals surface area contributed by atoms with E-state index in [4.69, 9.17) is 10.5 Å². The lowest BCUT2D eigenvalue weighted by atomic mass is 10.1. The molecule has 5 nitrogen and oxygen atoms in total. The van der Waals surface area contributed by atoms with E-state index in [1.54, 1.807) is 0 Å². The van der Waals surface area contributed by atoms with E-state index in [2.05, 4.69) is 17.0 Å². The largest absolute Gasteiger partial charge is 0.379 e. The quantitative estimate of drug-likeness (QED) is 0.892. The fourth-order valence-corrected chi connectivity index (χ4v) is 2.99. The van der Waals surface area contributed by atoms with Crippen LogP contribution in [0.4, 0.5) is 5.69 Å². The minimum atomic E-state index is 0.186. The Kier molecular flexibility index (Phi) is 4.53. The Morgan fingerprint density at radius 1 is 1.19 bits per heavy atom. The Balaban J connectivity index is 1.62. The molecule has 5 heteroatoms. The Labute approximate surface area is 125 Å². The monoisotopic (exact) mass is 289 g/mol. The van der Waals surface area contributed by atoms with Gasteiger partial charge in [-0.1, -0.05) is 12.1 Å². The number of carbonyl (C=O) groups excluding carboxylic acids is 1. The van der Waals surface area contributed by atoms with Crippen molar-refractivity contribution >= 4 is 11.6 Å². The summed E-state index contributed by atoms with van der Waals surface area (Å²) in [6, 6.07) is 8.33. The van der Waals surface area contributed by atoms with Crippen molar-refractivity contribution in [2.45, 2.75) is 13.0 Å². The first-order chi connectivity index (χ1) is 10.3. The van der Waals surface area contributed by atoms with Gasteiger partial charge < -0.3 is 15.4 Å². The van der Waals surface area contributed by atoms with Crippen molar-refractivity contribution in [2.24, 2.45) is 11.7 Å². The summed E-state index contributed by atoms with van der Waals surface area (Å²) in [6.45, 7) is 5.90. The molecule has 0 saturated carbocycles. The number of morpholine rings is 1. The van der Waals surface area contributed by atoms with Gasteiger partial charge in [-0.15, -0.1) is 0 Å². The number of hydrogen-bond acceptors (Lipinski definition) is 4. The van der Waals surface area contributed by atoms with Crippen LogP contribution < -0.4 is 10.6 Å². The molecule has 114 valence electrons. The maximum absolute atomic E-state index is 12.0. The number of carbonyl (C=O) groups is 1. The minimum absolute atomic E-state index is 0.186. The summed E-state index contributed by atoms with van der Waals surface area (Å²) < 4.78 is 5.36. The predicted octanol–water partition coefficient (Wildman–Crippen LogP) is 0.830. The minimum Gasteiger partial charge on any atom is -0.379 e. The van der Waals surface area contributed by atoms with Gasteiger partial charge >= 0.3 is 0 Å². The van der Waals surface area contributed by atoms with E-state index < -0.39 is 0 Å². The highest BCUT2D eigenvalue weighted by Gasteiger charge is 2.29. The smallest absolute Gasteiger partial charge is 0.227 e. The molecule has 2 aliphatic heterocycles. The van der Waals surface area contributed by atoms with Crippen LogP contribution >= 0.6 is 0 Å². The van der Waals surface area contributed by atoms with Gasteiger partial charge in [0.15, 0.2) is 0 Å². The lowest BCUT2D eigenvalue weighted by Gasteiger charge is -2.26. The molecule has 1 aromatic rings. The highest BCUT2D eigenvalue weighted by molar-refractivity contribution is 5.95. The average molecular weight is 289 g/mol. The van der Waals surface area contributed by atoms with Gasteiger partial charge in [-0.25, -0.2) is 0 Å². The standard InChI is InChI=1S/C16H23N3O2/c17-10-14-9-16(20)19(12-14)15-3-1-13(2-4-15)11-18-5-7-21-8-6-18/h1-4,14H,5-12,17H2. The number of benzene rings is 1. The van der Waals surface area contributed by atoms with E-state index in [0.29, 0.717) is 18.9 Å². The van der Waals surface area contributed by atoms with Crippen LogP contribution in [-0.4, -0.2) is 50.2 Å². The molecule has 0 radical (unpaired) electrons. The first-order valence-electron chi connectivity index (χ1n) is 7.66. The second-order valence-corrected chi connectivity index (χ2v) is 5.87. The zero-order chi connectivity index (χ0) is 14.7. The number of anilines is 1. The van der Waals surface area contributed by atoms with E-state index in [9.17, 15) is 4.79 Å². The summed E-state index contributed by atoms with van der Waals surface area (Å²) >= 11 is 0. The van der Waals surface area contributed by atoms with Crippen molar-refractivity contribution in [3.8, 4) is 0 Å². The number of rotatable bonds is 4. The summed E-state index contributed by atoms with van der Waals surface area (Å²) in [7, 11) is 0. The fraction of sp³-hybridized carbons (Fsp3) is 0.562. The first kappa shape index (κ1) is 14.5. The SMILES string of the molecule is NCC1CC(=O)N(c2ccc(CN3CCOCC3)cc2)C1. The summed E-state index contributed by atoms with van der Waals surface area (Å²) in [6.07, 6.45) is 0.575. The van der Waals surface area contributed by atoms with Gasteiger partial charge in [0, 0.05) is 38.3 Å². The third-order valence-corrected chi connectivity index (χ3v) is 4.30. The highest BCUT2D eigenvalue weighted by atomic mass is 16.5. The lowest BCUT2D eigenvalue weighted by molar-refractivity contribution is -0.117. The van der Waals surface area contributed by atoms with Crippen molar-refractivity contribution in [1.29, 1.82) is 0 Å². The molecule has 0 aliphatic carbocycles. The Morgan fingerprint density at radius 2 is 1.90 bits per heavy atom. The number of nitrogens with zero attached hydrogens (tertiary/aromatic N) is 2. The first-order valence-corrected chi connectivity index (χ1v) is 7.66. The zero-order valence-electron chi connectivity index (χ0n) is 12.3. The maximum atomic E-state index is 12.0. The third kappa shape index (κ3) is 3.43.